The zero-order valence-electron chi connectivity index (χ0n) is 9.02. The maximum Gasteiger partial charge on any atom is 0.306 e. The number of carbonyl (C=O) groups excluding carboxylic acids is 1. The van der Waals surface area contributed by atoms with Gasteiger partial charge in [0, 0.05) is 4.83 Å². The molecule has 0 heterocycles. The van der Waals surface area contributed by atoms with Gasteiger partial charge >= 0.3 is 5.97 Å². The van der Waals surface area contributed by atoms with E-state index in [9.17, 15) is 4.79 Å². The Morgan fingerprint density at radius 1 is 1.47 bits per heavy atom. The van der Waals surface area contributed by atoms with E-state index in [0.29, 0.717) is 13.0 Å². The number of halogens is 3. The molecule has 0 aliphatic carbocycles. The van der Waals surface area contributed by atoms with E-state index in [1.165, 1.54) is 0 Å². The van der Waals surface area contributed by atoms with Gasteiger partial charge in [-0.1, -0.05) is 29.8 Å². The molecule has 0 aromatic rings. The fraction of sp³-hybridized carbons (Fsp3) is 0.700. The van der Waals surface area contributed by atoms with Crippen LogP contribution in [0, 0.1) is 5.41 Å². The normalized spacial score (nSPS) is 13.2. The Kier molecular flexibility index (Phi) is 7.38. The van der Waals surface area contributed by atoms with E-state index in [1.54, 1.807) is 0 Å². The van der Waals surface area contributed by atoms with Crippen LogP contribution in [0.15, 0.2) is 9.47 Å². The molecular weight excluding hydrogens is 392 g/mol. The highest BCUT2D eigenvalue weighted by atomic mass is 79.9. The van der Waals surface area contributed by atoms with Crippen LogP contribution in [0.1, 0.15) is 27.2 Å². The van der Waals surface area contributed by atoms with Gasteiger partial charge < -0.3 is 4.74 Å². The van der Waals surface area contributed by atoms with E-state index < -0.39 is 0 Å². The summed E-state index contributed by atoms with van der Waals surface area (Å²) in [4.78, 5) is 11.5. The van der Waals surface area contributed by atoms with Crippen molar-refractivity contribution in [2.45, 2.75) is 32.0 Å². The highest BCUT2D eigenvalue weighted by Gasteiger charge is 2.29. The number of esters is 1. The number of carbonyl (C=O) groups is 1. The minimum absolute atomic E-state index is 0.100. The second kappa shape index (κ2) is 7.07. The summed E-state index contributed by atoms with van der Waals surface area (Å²) in [6.45, 7) is 6.27. The Hall–Kier alpha value is 0.650. The van der Waals surface area contributed by atoms with Crippen LogP contribution < -0.4 is 0 Å². The number of ether oxygens (including phenoxy) is 1. The molecule has 0 aliphatic rings. The molecule has 88 valence electrons. The smallest absolute Gasteiger partial charge is 0.306 e. The standard InChI is InChI=1S/C10H15Br3O2/c1-4-15-9(14)6-10(2,3)7(11)5-8(12)13/h5,7H,4,6H2,1-3H3. The average Bonchev–Trinajstić information content (AvgIpc) is 2.01. The first-order valence-corrected chi connectivity index (χ1v) is 7.12. The first-order valence-electron chi connectivity index (χ1n) is 4.62. The molecule has 0 amide bonds. The summed E-state index contributed by atoms with van der Waals surface area (Å²) in [5.74, 6) is -0.161. The van der Waals surface area contributed by atoms with Gasteiger partial charge in [0.05, 0.1) is 16.4 Å². The van der Waals surface area contributed by atoms with E-state index in [2.05, 4.69) is 47.8 Å². The molecule has 0 bridgehead atoms. The highest BCUT2D eigenvalue weighted by Crippen LogP contribution is 2.34. The SMILES string of the molecule is CCOC(=O)CC(C)(C)C(Br)C=C(Br)Br. The molecule has 1 unspecified atom stereocenters. The predicted octanol–water partition coefficient (Wildman–Crippen LogP) is 4.36. The maximum absolute atomic E-state index is 11.4. The van der Waals surface area contributed by atoms with Gasteiger partial charge in [-0.2, -0.15) is 0 Å². The van der Waals surface area contributed by atoms with Crippen LogP contribution in [-0.4, -0.2) is 17.4 Å². The van der Waals surface area contributed by atoms with Crippen molar-refractivity contribution in [3.05, 3.63) is 9.47 Å². The van der Waals surface area contributed by atoms with E-state index in [0.717, 1.165) is 3.39 Å². The lowest BCUT2D eigenvalue weighted by Crippen LogP contribution is -2.27. The molecule has 0 fully saturated rings. The molecule has 0 radical (unpaired) electrons. The van der Waals surface area contributed by atoms with Crippen LogP contribution in [0.2, 0.25) is 0 Å². The first-order chi connectivity index (χ1) is 6.79. The second-order valence-corrected chi connectivity index (χ2v) is 7.59. The third-order valence-corrected chi connectivity index (χ3v) is 3.96. The molecule has 0 spiro atoms. The average molecular weight is 407 g/mol. The summed E-state index contributed by atoms with van der Waals surface area (Å²) < 4.78 is 5.80. The molecule has 0 saturated carbocycles. The molecule has 5 heteroatoms. The molecule has 0 N–H and O–H groups in total. The maximum atomic E-state index is 11.4. The molecule has 0 saturated heterocycles. The lowest BCUT2D eigenvalue weighted by atomic mass is 9.86. The van der Waals surface area contributed by atoms with Crippen molar-refractivity contribution < 1.29 is 9.53 Å². The van der Waals surface area contributed by atoms with E-state index in [4.69, 9.17) is 4.74 Å². The lowest BCUT2D eigenvalue weighted by molar-refractivity contribution is -0.145. The summed E-state index contributed by atoms with van der Waals surface area (Å²) in [6, 6.07) is 0. The van der Waals surface area contributed by atoms with Crippen LogP contribution >= 0.6 is 47.8 Å². The lowest BCUT2D eigenvalue weighted by Gasteiger charge is -2.27. The van der Waals surface area contributed by atoms with Crippen LogP contribution in [0.25, 0.3) is 0 Å². The molecule has 0 rings (SSSR count). The van der Waals surface area contributed by atoms with Crippen molar-refractivity contribution >= 4 is 53.8 Å². The van der Waals surface area contributed by atoms with E-state index in [1.807, 2.05) is 26.8 Å². The van der Waals surface area contributed by atoms with Crippen molar-refractivity contribution in [3.63, 3.8) is 0 Å². The van der Waals surface area contributed by atoms with Gasteiger partial charge in [0.25, 0.3) is 0 Å². The van der Waals surface area contributed by atoms with E-state index >= 15 is 0 Å². The summed E-state index contributed by atoms with van der Waals surface area (Å²) >= 11 is 10.1. The number of alkyl halides is 1. The summed E-state index contributed by atoms with van der Waals surface area (Å²) in [5.41, 5.74) is -0.182. The fourth-order valence-corrected chi connectivity index (χ4v) is 2.68. The minimum atomic E-state index is -0.182. The second-order valence-electron chi connectivity index (χ2n) is 3.83. The molecule has 0 aromatic carbocycles. The zero-order chi connectivity index (χ0) is 12.1. The Morgan fingerprint density at radius 2 is 2.00 bits per heavy atom. The third kappa shape index (κ3) is 6.74. The van der Waals surface area contributed by atoms with Crippen molar-refractivity contribution in [1.82, 2.24) is 0 Å². The predicted molar refractivity (Wildman–Crippen MR) is 73.7 cm³/mol. The third-order valence-electron chi connectivity index (χ3n) is 1.92. The molecule has 1 atom stereocenters. The van der Waals surface area contributed by atoms with Crippen molar-refractivity contribution in [1.29, 1.82) is 0 Å². The van der Waals surface area contributed by atoms with Gasteiger partial charge in [-0.15, -0.1) is 0 Å². The topological polar surface area (TPSA) is 26.3 Å². The molecule has 0 aromatic heterocycles. The van der Waals surface area contributed by atoms with E-state index in [-0.39, 0.29) is 16.2 Å². The van der Waals surface area contributed by atoms with Crippen LogP contribution in [0.5, 0.6) is 0 Å². The van der Waals surface area contributed by atoms with Crippen LogP contribution in [0.3, 0.4) is 0 Å². The first kappa shape index (κ1) is 15.7. The molecule has 2 nitrogen and oxygen atoms in total. The largest absolute Gasteiger partial charge is 0.466 e. The summed E-state index contributed by atoms with van der Waals surface area (Å²) in [7, 11) is 0. The van der Waals surface area contributed by atoms with Gasteiger partial charge in [-0.05, 0) is 50.3 Å². The van der Waals surface area contributed by atoms with Gasteiger partial charge in [0.15, 0.2) is 0 Å². The summed E-state index contributed by atoms with van der Waals surface area (Å²) in [6.07, 6.45) is 2.35. The molecule has 0 aliphatic heterocycles. The summed E-state index contributed by atoms with van der Waals surface area (Å²) in [5, 5.41) is 0. The quantitative estimate of drug-likeness (QED) is 0.501. The van der Waals surface area contributed by atoms with Gasteiger partial charge in [0.2, 0.25) is 0 Å². The van der Waals surface area contributed by atoms with Gasteiger partial charge in [-0.3, -0.25) is 4.79 Å². The Morgan fingerprint density at radius 3 is 2.40 bits per heavy atom. The number of allylic oxidation sites excluding steroid dienone is 1. The van der Waals surface area contributed by atoms with Crippen molar-refractivity contribution in [2.24, 2.45) is 5.41 Å². The van der Waals surface area contributed by atoms with Crippen molar-refractivity contribution in [2.75, 3.05) is 6.61 Å². The molecule has 15 heavy (non-hydrogen) atoms. The highest BCUT2D eigenvalue weighted by molar-refractivity contribution is 9.28. The minimum Gasteiger partial charge on any atom is -0.466 e. The van der Waals surface area contributed by atoms with Crippen LogP contribution in [-0.2, 0) is 9.53 Å². The van der Waals surface area contributed by atoms with Crippen LogP contribution in [0.4, 0.5) is 0 Å². The number of hydrogen-bond donors (Lipinski definition) is 0. The zero-order valence-corrected chi connectivity index (χ0v) is 13.8. The monoisotopic (exact) mass is 404 g/mol. The van der Waals surface area contributed by atoms with Crippen molar-refractivity contribution in [3.8, 4) is 0 Å². The Balaban J connectivity index is 4.40. The molecular formula is C10H15Br3O2. The number of hydrogen-bond acceptors (Lipinski definition) is 2. The number of rotatable bonds is 5. The van der Waals surface area contributed by atoms with Gasteiger partial charge in [-0.25, -0.2) is 0 Å². The Bertz CT molecular complexity index is 245. The van der Waals surface area contributed by atoms with Gasteiger partial charge in [0.1, 0.15) is 0 Å². The Labute approximate surface area is 116 Å². The fourth-order valence-electron chi connectivity index (χ4n) is 1.02.